The first kappa shape index (κ1) is 11.7. The van der Waals surface area contributed by atoms with Crippen molar-refractivity contribution in [1.82, 2.24) is 3.53 Å². The molecular formula is C8H6F4IN. The molecule has 0 unspecified atom stereocenters. The molecule has 0 saturated carbocycles. The van der Waals surface area contributed by atoms with Gasteiger partial charge < -0.3 is 0 Å². The monoisotopic (exact) mass is 319 g/mol. The summed E-state index contributed by atoms with van der Waals surface area (Å²) in [5.74, 6) is -1.23. The molecule has 1 aromatic carbocycles. The second kappa shape index (κ2) is 4.43. The molecule has 1 N–H and O–H groups in total. The predicted molar refractivity (Wildman–Crippen MR) is 52.3 cm³/mol. The van der Waals surface area contributed by atoms with Crippen molar-refractivity contribution in [2.24, 2.45) is 0 Å². The normalized spacial score (nSPS) is 11.8. The van der Waals surface area contributed by atoms with Gasteiger partial charge in [0.25, 0.3) is 0 Å². The van der Waals surface area contributed by atoms with E-state index in [0.29, 0.717) is 12.1 Å². The highest BCUT2D eigenvalue weighted by Crippen LogP contribution is 2.31. The molecule has 0 saturated heterocycles. The topological polar surface area (TPSA) is 12.0 Å². The zero-order valence-corrected chi connectivity index (χ0v) is 8.99. The molecule has 0 radical (unpaired) electrons. The van der Waals surface area contributed by atoms with Gasteiger partial charge in [0, 0.05) is 29.4 Å². The van der Waals surface area contributed by atoms with Gasteiger partial charge in [0.15, 0.2) is 0 Å². The SMILES string of the molecule is Fc1cc(CNI)ccc1C(F)(F)F. The Hall–Kier alpha value is -0.370. The van der Waals surface area contributed by atoms with Crippen LogP contribution in [0.2, 0.25) is 0 Å². The predicted octanol–water partition coefficient (Wildman–Crippen LogP) is 3.28. The average molecular weight is 319 g/mol. The van der Waals surface area contributed by atoms with Gasteiger partial charge in [-0.15, -0.1) is 0 Å². The van der Waals surface area contributed by atoms with Crippen LogP contribution >= 0.6 is 22.9 Å². The van der Waals surface area contributed by atoms with Gasteiger partial charge in [-0.05, 0) is 17.7 Å². The smallest absolute Gasteiger partial charge is 0.257 e. The average Bonchev–Trinajstić information content (AvgIpc) is 2.02. The summed E-state index contributed by atoms with van der Waals surface area (Å²) in [5.41, 5.74) is -0.750. The van der Waals surface area contributed by atoms with Gasteiger partial charge in [-0.2, -0.15) is 13.2 Å². The van der Waals surface area contributed by atoms with Gasteiger partial charge in [-0.3, -0.25) is 3.53 Å². The van der Waals surface area contributed by atoms with Crippen molar-refractivity contribution in [2.45, 2.75) is 12.7 Å². The molecule has 1 nitrogen and oxygen atoms in total. The van der Waals surface area contributed by atoms with Gasteiger partial charge in [0.05, 0.1) is 5.56 Å². The molecule has 0 spiro atoms. The maximum atomic E-state index is 12.9. The number of benzene rings is 1. The third-order valence-corrected chi connectivity index (χ3v) is 1.99. The Morgan fingerprint density at radius 1 is 1.29 bits per heavy atom. The molecule has 0 amide bonds. The largest absolute Gasteiger partial charge is 0.419 e. The fourth-order valence-corrected chi connectivity index (χ4v) is 1.42. The first-order chi connectivity index (χ1) is 6.45. The summed E-state index contributed by atoms with van der Waals surface area (Å²) in [7, 11) is 0. The summed E-state index contributed by atoms with van der Waals surface area (Å²) in [4.78, 5) is 0. The first-order valence-electron chi connectivity index (χ1n) is 3.64. The molecular weight excluding hydrogens is 313 g/mol. The maximum absolute atomic E-state index is 12.9. The molecule has 14 heavy (non-hydrogen) atoms. The zero-order chi connectivity index (χ0) is 10.8. The van der Waals surface area contributed by atoms with E-state index < -0.39 is 17.6 Å². The van der Waals surface area contributed by atoms with Crippen LogP contribution in [-0.4, -0.2) is 0 Å². The number of nitrogens with one attached hydrogen (secondary N) is 1. The standard InChI is InChI=1S/C8H6F4IN/c9-7-3-5(4-14-13)1-2-6(7)8(10,11)12/h1-3,14H,4H2. The fraction of sp³-hybridized carbons (Fsp3) is 0.250. The molecule has 0 aliphatic heterocycles. The lowest BCUT2D eigenvalue weighted by Crippen LogP contribution is -2.09. The van der Waals surface area contributed by atoms with Crippen LogP contribution in [-0.2, 0) is 12.7 Å². The lowest BCUT2D eigenvalue weighted by molar-refractivity contribution is -0.140. The van der Waals surface area contributed by atoms with E-state index in [1.807, 2.05) is 22.9 Å². The van der Waals surface area contributed by atoms with Crippen LogP contribution in [0.15, 0.2) is 18.2 Å². The van der Waals surface area contributed by atoms with Crippen LogP contribution in [0.4, 0.5) is 17.6 Å². The van der Waals surface area contributed by atoms with Gasteiger partial charge >= 0.3 is 6.18 Å². The summed E-state index contributed by atoms with van der Waals surface area (Å²) in [5, 5.41) is 0. The summed E-state index contributed by atoms with van der Waals surface area (Å²) in [6.07, 6.45) is -4.62. The lowest BCUT2D eigenvalue weighted by atomic mass is 10.1. The Bertz CT molecular complexity index is 324. The van der Waals surface area contributed by atoms with E-state index in [-0.39, 0.29) is 0 Å². The summed E-state index contributed by atoms with van der Waals surface area (Å²) < 4.78 is 51.9. The van der Waals surface area contributed by atoms with Crippen molar-refractivity contribution in [2.75, 3.05) is 0 Å². The molecule has 1 aromatic rings. The number of rotatable bonds is 2. The highest BCUT2D eigenvalue weighted by atomic mass is 127. The number of alkyl halides is 3. The van der Waals surface area contributed by atoms with Crippen molar-refractivity contribution in [3.05, 3.63) is 35.1 Å². The Labute approximate surface area is 92.0 Å². The van der Waals surface area contributed by atoms with Crippen molar-refractivity contribution in [1.29, 1.82) is 0 Å². The Kier molecular flexibility index (Phi) is 3.71. The molecule has 6 heteroatoms. The van der Waals surface area contributed by atoms with Crippen LogP contribution in [0.5, 0.6) is 0 Å². The van der Waals surface area contributed by atoms with E-state index in [0.717, 1.165) is 12.1 Å². The molecule has 0 bridgehead atoms. The molecule has 1 rings (SSSR count). The van der Waals surface area contributed by atoms with Crippen LogP contribution in [0.25, 0.3) is 0 Å². The highest BCUT2D eigenvalue weighted by molar-refractivity contribution is 14.1. The third kappa shape index (κ3) is 2.81. The minimum absolute atomic E-state index is 0.329. The van der Waals surface area contributed by atoms with Crippen LogP contribution < -0.4 is 3.53 Å². The highest BCUT2D eigenvalue weighted by Gasteiger charge is 2.33. The molecule has 0 fully saturated rings. The Balaban J connectivity index is 3.02. The van der Waals surface area contributed by atoms with Crippen LogP contribution in [0, 0.1) is 5.82 Å². The summed E-state index contributed by atoms with van der Waals surface area (Å²) in [6, 6.07) is 2.88. The molecule has 0 atom stereocenters. The number of hydrogen-bond donors (Lipinski definition) is 1. The van der Waals surface area contributed by atoms with Gasteiger partial charge in [0.2, 0.25) is 0 Å². The van der Waals surface area contributed by atoms with E-state index in [1.54, 1.807) is 0 Å². The van der Waals surface area contributed by atoms with Crippen molar-refractivity contribution in [3.63, 3.8) is 0 Å². The zero-order valence-electron chi connectivity index (χ0n) is 6.83. The maximum Gasteiger partial charge on any atom is 0.419 e. The summed E-state index contributed by atoms with van der Waals surface area (Å²) >= 11 is 1.83. The third-order valence-electron chi connectivity index (χ3n) is 1.61. The van der Waals surface area contributed by atoms with E-state index in [4.69, 9.17) is 0 Å². The second-order valence-corrected chi connectivity index (χ2v) is 3.39. The van der Waals surface area contributed by atoms with E-state index in [1.165, 1.54) is 6.07 Å². The quantitative estimate of drug-likeness (QED) is 0.501. The van der Waals surface area contributed by atoms with Gasteiger partial charge in [0.1, 0.15) is 5.82 Å². The van der Waals surface area contributed by atoms with Gasteiger partial charge in [-0.1, -0.05) is 6.07 Å². The molecule has 0 aliphatic rings. The first-order valence-corrected chi connectivity index (χ1v) is 4.72. The van der Waals surface area contributed by atoms with E-state index in [2.05, 4.69) is 3.53 Å². The van der Waals surface area contributed by atoms with E-state index >= 15 is 0 Å². The molecule has 0 aromatic heterocycles. The fourth-order valence-electron chi connectivity index (χ4n) is 0.976. The molecule has 0 aliphatic carbocycles. The minimum Gasteiger partial charge on any atom is -0.257 e. The van der Waals surface area contributed by atoms with E-state index in [9.17, 15) is 17.6 Å². The molecule has 78 valence electrons. The lowest BCUT2D eigenvalue weighted by Gasteiger charge is -2.08. The van der Waals surface area contributed by atoms with Crippen molar-refractivity contribution < 1.29 is 17.6 Å². The summed E-state index contributed by atoms with van der Waals surface area (Å²) in [6.45, 7) is 0.329. The van der Waals surface area contributed by atoms with Crippen LogP contribution in [0.1, 0.15) is 11.1 Å². The van der Waals surface area contributed by atoms with Crippen molar-refractivity contribution >= 4 is 22.9 Å². The van der Waals surface area contributed by atoms with Gasteiger partial charge in [-0.25, -0.2) is 4.39 Å². The number of hydrogen-bond acceptors (Lipinski definition) is 1. The minimum atomic E-state index is -4.62. The Morgan fingerprint density at radius 2 is 1.93 bits per heavy atom. The Morgan fingerprint density at radius 3 is 2.36 bits per heavy atom. The molecule has 0 heterocycles. The van der Waals surface area contributed by atoms with Crippen LogP contribution in [0.3, 0.4) is 0 Å². The van der Waals surface area contributed by atoms with Crippen molar-refractivity contribution in [3.8, 4) is 0 Å². The second-order valence-electron chi connectivity index (χ2n) is 2.62. The number of halogens is 5.